The van der Waals surface area contributed by atoms with Crippen molar-refractivity contribution in [2.75, 3.05) is 0 Å². The lowest BCUT2D eigenvalue weighted by Crippen LogP contribution is -2.26. The van der Waals surface area contributed by atoms with E-state index in [0.717, 1.165) is 5.56 Å². The van der Waals surface area contributed by atoms with E-state index < -0.39 is 17.3 Å². The number of hydrogen-bond acceptors (Lipinski definition) is 4. The number of alkyl halides is 2. The number of aromatic nitrogens is 2. The molecule has 9 heteroatoms. The molecule has 1 unspecified atom stereocenters. The lowest BCUT2D eigenvalue weighted by molar-refractivity contribution is -0.286. The van der Waals surface area contributed by atoms with Crippen molar-refractivity contribution in [2.24, 2.45) is 0 Å². The zero-order chi connectivity index (χ0) is 23.0. The molecular weight excluding hydrogens is 502 g/mol. The maximum absolute atomic E-state index is 13.7. The third-order valence-electron chi connectivity index (χ3n) is 4.70. The van der Waals surface area contributed by atoms with Crippen LogP contribution in [0.15, 0.2) is 70.3 Å². The van der Waals surface area contributed by atoms with Gasteiger partial charge in [-0.3, -0.25) is 0 Å². The monoisotopic (exact) mass is 520 g/mol. The SMILES string of the molecule is CC.Cc1ccc(S(=O)n2cc(-c3cccc4c3OC(F)(F)O4)c3cc(Br)cnc32)cc1. The van der Waals surface area contributed by atoms with Crippen LogP contribution in [0.3, 0.4) is 0 Å². The van der Waals surface area contributed by atoms with Crippen LogP contribution in [-0.4, -0.2) is 19.5 Å². The first kappa shape index (κ1) is 22.4. The van der Waals surface area contributed by atoms with E-state index in [9.17, 15) is 13.0 Å². The van der Waals surface area contributed by atoms with Crippen LogP contribution >= 0.6 is 15.9 Å². The maximum atomic E-state index is 13.7. The molecule has 0 saturated heterocycles. The van der Waals surface area contributed by atoms with Crippen molar-refractivity contribution in [2.45, 2.75) is 32.0 Å². The molecule has 5 rings (SSSR count). The minimum absolute atomic E-state index is 0.0546. The van der Waals surface area contributed by atoms with E-state index >= 15 is 0 Å². The number of benzene rings is 2. The van der Waals surface area contributed by atoms with Gasteiger partial charge in [0.25, 0.3) is 0 Å². The normalized spacial score (nSPS) is 14.7. The van der Waals surface area contributed by atoms with Gasteiger partial charge < -0.3 is 9.47 Å². The minimum atomic E-state index is -3.74. The summed E-state index contributed by atoms with van der Waals surface area (Å²) in [7, 11) is -1.58. The average Bonchev–Trinajstić information content (AvgIpc) is 3.30. The number of fused-ring (bicyclic) bond motifs is 2. The van der Waals surface area contributed by atoms with Crippen molar-refractivity contribution in [3.05, 3.63) is 71.0 Å². The zero-order valence-electron chi connectivity index (χ0n) is 17.4. The number of para-hydroxylation sites is 1. The standard InChI is InChI=1S/C21H13BrF2N2O3S.C2H6/c1-12-5-7-14(8-6-12)30(27)26-11-17(16-9-13(22)10-25-20(16)26)15-3-2-4-18-19(15)29-21(23,24)28-18;1-2/h2-11H,1H3;1-2H3. The van der Waals surface area contributed by atoms with Crippen molar-refractivity contribution in [3.8, 4) is 22.6 Å². The topological polar surface area (TPSA) is 53.4 Å². The molecule has 0 radical (unpaired) electrons. The summed E-state index contributed by atoms with van der Waals surface area (Å²) in [4.78, 5) is 5.01. The average molecular weight is 521 g/mol. The summed E-state index contributed by atoms with van der Waals surface area (Å²) in [6.45, 7) is 5.95. The van der Waals surface area contributed by atoms with Gasteiger partial charge in [-0.25, -0.2) is 13.2 Å². The van der Waals surface area contributed by atoms with E-state index in [1.807, 2.05) is 32.9 Å². The van der Waals surface area contributed by atoms with E-state index in [1.165, 1.54) is 10.0 Å². The summed E-state index contributed by atoms with van der Waals surface area (Å²) in [6, 6.07) is 13.8. The first-order valence-electron chi connectivity index (χ1n) is 9.87. The molecule has 0 amide bonds. The largest absolute Gasteiger partial charge is 0.586 e. The van der Waals surface area contributed by atoms with E-state index in [4.69, 9.17) is 4.74 Å². The Morgan fingerprint density at radius 1 is 1.06 bits per heavy atom. The highest BCUT2D eigenvalue weighted by Gasteiger charge is 2.44. The Morgan fingerprint density at radius 2 is 1.78 bits per heavy atom. The van der Waals surface area contributed by atoms with Gasteiger partial charge in [0.05, 0.1) is 4.90 Å². The molecule has 166 valence electrons. The molecule has 5 nitrogen and oxygen atoms in total. The molecule has 0 spiro atoms. The molecule has 1 atom stereocenters. The predicted octanol–water partition coefficient (Wildman–Crippen LogP) is 6.69. The Labute approximate surface area is 194 Å². The third kappa shape index (κ3) is 4.02. The fourth-order valence-corrected chi connectivity index (χ4v) is 4.78. The number of aryl methyl sites for hydroxylation is 1. The highest BCUT2D eigenvalue weighted by atomic mass is 79.9. The fourth-order valence-electron chi connectivity index (χ4n) is 3.34. The molecule has 3 heterocycles. The van der Waals surface area contributed by atoms with E-state index in [1.54, 1.807) is 42.7 Å². The zero-order valence-corrected chi connectivity index (χ0v) is 19.8. The summed E-state index contributed by atoms with van der Waals surface area (Å²) in [5.41, 5.74) is 2.45. The molecule has 2 aromatic carbocycles. The molecule has 4 aromatic rings. The number of hydrogen-bond donors (Lipinski definition) is 0. The summed E-state index contributed by atoms with van der Waals surface area (Å²) in [5, 5.41) is 0.636. The van der Waals surface area contributed by atoms with Crippen LogP contribution in [0.25, 0.3) is 22.2 Å². The number of pyridine rings is 1. The molecular formula is C23H19BrF2N2O3S. The first-order chi connectivity index (χ1) is 15.3. The number of ether oxygens (including phenoxy) is 2. The lowest BCUT2D eigenvalue weighted by Gasteiger charge is -2.06. The molecule has 32 heavy (non-hydrogen) atoms. The van der Waals surface area contributed by atoms with Crippen LogP contribution in [0, 0.1) is 6.92 Å². The summed E-state index contributed by atoms with van der Waals surface area (Å²) in [5.74, 6) is -0.122. The highest BCUT2D eigenvalue weighted by Crippen LogP contribution is 2.48. The Balaban J connectivity index is 0.00000119. The minimum Gasteiger partial charge on any atom is -0.395 e. The lowest BCUT2D eigenvalue weighted by atomic mass is 10.0. The van der Waals surface area contributed by atoms with Gasteiger partial charge in [-0.15, -0.1) is 8.78 Å². The van der Waals surface area contributed by atoms with Crippen molar-refractivity contribution in [3.63, 3.8) is 0 Å². The quantitative estimate of drug-likeness (QED) is 0.301. The Hall–Kier alpha value is -2.78. The van der Waals surface area contributed by atoms with Crippen LogP contribution in [0.1, 0.15) is 19.4 Å². The van der Waals surface area contributed by atoms with Gasteiger partial charge in [0.2, 0.25) is 0 Å². The number of rotatable bonds is 3. The Bertz CT molecular complexity index is 1320. The van der Waals surface area contributed by atoms with Crippen molar-refractivity contribution in [1.82, 2.24) is 8.96 Å². The van der Waals surface area contributed by atoms with Crippen LogP contribution in [0.4, 0.5) is 8.78 Å². The molecule has 1 aliphatic heterocycles. The van der Waals surface area contributed by atoms with Crippen LogP contribution in [-0.2, 0) is 11.0 Å². The second-order valence-electron chi connectivity index (χ2n) is 6.76. The summed E-state index contributed by atoms with van der Waals surface area (Å²) >= 11 is 3.40. The molecule has 1 aliphatic rings. The summed E-state index contributed by atoms with van der Waals surface area (Å²) in [6.07, 6.45) is -0.506. The van der Waals surface area contributed by atoms with Gasteiger partial charge in [-0.05, 0) is 47.1 Å². The van der Waals surface area contributed by atoms with Gasteiger partial charge in [0.1, 0.15) is 0 Å². The molecule has 0 fully saturated rings. The molecule has 0 saturated carbocycles. The number of nitrogens with zero attached hydrogens (tertiary/aromatic N) is 2. The maximum Gasteiger partial charge on any atom is 0.586 e. The molecule has 0 aliphatic carbocycles. The fraction of sp³-hybridized carbons (Fsp3) is 0.174. The smallest absolute Gasteiger partial charge is 0.395 e. The van der Waals surface area contributed by atoms with Crippen molar-refractivity contribution < 1.29 is 22.5 Å². The second kappa shape index (κ2) is 8.63. The summed E-state index contributed by atoms with van der Waals surface area (Å²) < 4.78 is 52.2. The first-order valence-corrected chi connectivity index (χ1v) is 11.8. The second-order valence-corrected chi connectivity index (χ2v) is 9.03. The third-order valence-corrected chi connectivity index (χ3v) is 6.44. The molecule has 0 N–H and O–H groups in total. The van der Waals surface area contributed by atoms with Crippen LogP contribution in [0.2, 0.25) is 0 Å². The van der Waals surface area contributed by atoms with E-state index in [0.29, 0.717) is 31.5 Å². The Morgan fingerprint density at radius 3 is 2.50 bits per heavy atom. The molecule has 2 aromatic heterocycles. The van der Waals surface area contributed by atoms with Gasteiger partial charge in [0, 0.05) is 33.4 Å². The molecule has 0 bridgehead atoms. The van der Waals surface area contributed by atoms with Gasteiger partial charge in [-0.2, -0.15) is 0 Å². The van der Waals surface area contributed by atoms with E-state index in [2.05, 4.69) is 25.7 Å². The van der Waals surface area contributed by atoms with Crippen LogP contribution in [0.5, 0.6) is 11.5 Å². The van der Waals surface area contributed by atoms with Gasteiger partial charge >= 0.3 is 6.29 Å². The van der Waals surface area contributed by atoms with Gasteiger partial charge in [0.15, 0.2) is 28.1 Å². The number of halogens is 3. The van der Waals surface area contributed by atoms with Gasteiger partial charge in [-0.1, -0.05) is 43.7 Å². The highest BCUT2D eigenvalue weighted by molar-refractivity contribution is 9.10. The predicted molar refractivity (Wildman–Crippen MR) is 123 cm³/mol. The van der Waals surface area contributed by atoms with Crippen molar-refractivity contribution >= 4 is 37.9 Å². The van der Waals surface area contributed by atoms with E-state index in [-0.39, 0.29) is 11.5 Å². The Kier molecular flexibility index (Phi) is 6.05. The van der Waals surface area contributed by atoms with Crippen molar-refractivity contribution in [1.29, 1.82) is 0 Å². The van der Waals surface area contributed by atoms with Crippen LogP contribution < -0.4 is 9.47 Å².